The normalized spacial score (nSPS) is 17.8. The maximum Gasteiger partial charge on any atom is 0.321 e. The lowest BCUT2D eigenvalue weighted by molar-refractivity contribution is 0.102. The van der Waals surface area contributed by atoms with Gasteiger partial charge in [0.05, 0.1) is 6.54 Å². The number of rotatable bonds is 3. The zero-order chi connectivity index (χ0) is 15.2. The van der Waals surface area contributed by atoms with Crippen LogP contribution in [0.2, 0.25) is 0 Å². The Labute approximate surface area is 129 Å². The summed E-state index contributed by atoms with van der Waals surface area (Å²) in [6.07, 6.45) is 4.89. The van der Waals surface area contributed by atoms with Crippen LogP contribution in [-0.2, 0) is 0 Å². The molecule has 1 aromatic carbocycles. The molecule has 3 rings (SSSR count). The van der Waals surface area contributed by atoms with E-state index in [0.717, 1.165) is 25.1 Å². The summed E-state index contributed by atoms with van der Waals surface area (Å²) in [6, 6.07) is 11.1. The molecular weight excluding hydrogens is 280 g/mol. The van der Waals surface area contributed by atoms with Crippen LogP contribution in [0.15, 0.2) is 48.9 Å². The van der Waals surface area contributed by atoms with Crippen LogP contribution in [0.25, 0.3) is 0 Å². The first-order valence-electron chi connectivity index (χ1n) is 7.35. The van der Waals surface area contributed by atoms with Crippen molar-refractivity contribution in [3.8, 4) is 5.88 Å². The molecule has 2 aromatic rings. The van der Waals surface area contributed by atoms with Gasteiger partial charge in [-0.25, -0.2) is 14.8 Å². The molecule has 6 nitrogen and oxygen atoms in total. The summed E-state index contributed by atoms with van der Waals surface area (Å²) >= 11 is 0. The number of nitrogens with zero attached hydrogens (tertiary/aromatic N) is 3. The van der Waals surface area contributed by atoms with E-state index in [2.05, 4.69) is 15.3 Å². The third kappa shape index (κ3) is 3.72. The Morgan fingerprint density at radius 3 is 2.91 bits per heavy atom. The van der Waals surface area contributed by atoms with E-state index in [0.29, 0.717) is 12.4 Å². The van der Waals surface area contributed by atoms with Crippen molar-refractivity contribution in [2.75, 3.05) is 18.4 Å². The Morgan fingerprint density at radius 2 is 2.14 bits per heavy atom. The Hall–Kier alpha value is -2.63. The molecule has 0 spiro atoms. The van der Waals surface area contributed by atoms with Gasteiger partial charge in [-0.3, -0.25) is 0 Å². The van der Waals surface area contributed by atoms with Crippen molar-refractivity contribution in [1.29, 1.82) is 0 Å². The minimum Gasteiger partial charge on any atom is -0.472 e. The summed E-state index contributed by atoms with van der Waals surface area (Å²) in [6.45, 7) is 1.30. The molecule has 0 saturated carbocycles. The van der Waals surface area contributed by atoms with Crippen molar-refractivity contribution in [2.24, 2.45) is 0 Å². The molecule has 6 heteroatoms. The fourth-order valence-electron chi connectivity index (χ4n) is 2.46. The summed E-state index contributed by atoms with van der Waals surface area (Å²) < 4.78 is 5.81. The molecule has 1 saturated heterocycles. The predicted molar refractivity (Wildman–Crippen MR) is 82.7 cm³/mol. The molecule has 114 valence electrons. The van der Waals surface area contributed by atoms with Gasteiger partial charge in [0.2, 0.25) is 5.88 Å². The number of urea groups is 1. The zero-order valence-corrected chi connectivity index (χ0v) is 12.2. The molecular formula is C16H18N4O2. The summed E-state index contributed by atoms with van der Waals surface area (Å²) in [5.74, 6) is 0.547. The maximum absolute atomic E-state index is 12.3. The highest BCUT2D eigenvalue weighted by atomic mass is 16.5. The van der Waals surface area contributed by atoms with Crippen LogP contribution in [0.5, 0.6) is 5.88 Å². The van der Waals surface area contributed by atoms with E-state index in [1.54, 1.807) is 17.2 Å². The average molecular weight is 298 g/mol. The van der Waals surface area contributed by atoms with Gasteiger partial charge in [-0.05, 0) is 25.0 Å². The molecule has 1 aliphatic heterocycles. The second-order valence-electron chi connectivity index (χ2n) is 5.17. The monoisotopic (exact) mass is 298 g/mol. The summed E-state index contributed by atoms with van der Waals surface area (Å²) in [5, 5.41) is 2.90. The highest BCUT2D eigenvalue weighted by Crippen LogP contribution is 2.17. The number of ether oxygens (including phenoxy) is 1. The smallest absolute Gasteiger partial charge is 0.321 e. The van der Waals surface area contributed by atoms with Crippen LogP contribution < -0.4 is 10.1 Å². The molecule has 0 radical (unpaired) electrons. The van der Waals surface area contributed by atoms with E-state index in [9.17, 15) is 4.79 Å². The Kier molecular flexibility index (Phi) is 4.48. The lowest BCUT2D eigenvalue weighted by atomic mass is 10.1. The third-order valence-electron chi connectivity index (χ3n) is 3.53. The molecule has 1 aromatic heterocycles. The predicted octanol–water partition coefficient (Wildman–Crippen LogP) is 2.55. The van der Waals surface area contributed by atoms with Gasteiger partial charge in [-0.2, -0.15) is 0 Å². The standard InChI is InChI=1S/C16H18N4O2/c21-16(19-13-5-2-1-3-6-13)20-10-4-7-14(11-20)22-15-8-9-17-12-18-15/h1-3,5-6,8-9,12,14H,4,7,10-11H2,(H,19,21)/t14-/m0/s1. The molecule has 1 atom stereocenters. The van der Waals surface area contributed by atoms with E-state index in [1.165, 1.54) is 6.33 Å². The molecule has 2 amide bonds. The molecule has 2 heterocycles. The molecule has 1 aliphatic rings. The van der Waals surface area contributed by atoms with Crippen molar-refractivity contribution >= 4 is 11.7 Å². The van der Waals surface area contributed by atoms with Crippen LogP contribution in [-0.4, -0.2) is 40.1 Å². The minimum atomic E-state index is -0.0952. The van der Waals surface area contributed by atoms with Gasteiger partial charge in [0.25, 0.3) is 0 Å². The quantitative estimate of drug-likeness (QED) is 0.945. The first-order chi connectivity index (χ1) is 10.8. The van der Waals surface area contributed by atoms with Gasteiger partial charge in [0.1, 0.15) is 12.4 Å². The molecule has 1 N–H and O–H groups in total. The highest BCUT2D eigenvalue weighted by molar-refractivity contribution is 5.89. The SMILES string of the molecule is O=C(Nc1ccccc1)N1CCC[C@H](Oc2ccncn2)C1. The number of piperidine rings is 1. The van der Waals surface area contributed by atoms with E-state index in [1.807, 2.05) is 30.3 Å². The molecule has 0 aliphatic carbocycles. The number of anilines is 1. The van der Waals surface area contributed by atoms with Crippen molar-refractivity contribution in [3.63, 3.8) is 0 Å². The lowest BCUT2D eigenvalue weighted by Crippen LogP contribution is -2.46. The number of hydrogen-bond acceptors (Lipinski definition) is 4. The second-order valence-corrected chi connectivity index (χ2v) is 5.17. The summed E-state index contributed by atoms with van der Waals surface area (Å²) in [5.41, 5.74) is 0.798. The number of hydrogen-bond donors (Lipinski definition) is 1. The number of benzene rings is 1. The van der Waals surface area contributed by atoms with Gasteiger partial charge in [0, 0.05) is 24.5 Å². The van der Waals surface area contributed by atoms with Crippen molar-refractivity contribution < 1.29 is 9.53 Å². The molecule has 0 bridgehead atoms. The average Bonchev–Trinajstić information content (AvgIpc) is 2.57. The van der Waals surface area contributed by atoms with Crippen molar-refractivity contribution in [1.82, 2.24) is 14.9 Å². The number of carbonyl (C=O) groups excluding carboxylic acids is 1. The van der Waals surface area contributed by atoms with E-state index < -0.39 is 0 Å². The Morgan fingerprint density at radius 1 is 1.27 bits per heavy atom. The fourth-order valence-corrected chi connectivity index (χ4v) is 2.46. The van der Waals surface area contributed by atoms with Gasteiger partial charge in [-0.1, -0.05) is 18.2 Å². The van der Waals surface area contributed by atoms with Crippen LogP contribution in [0.3, 0.4) is 0 Å². The highest BCUT2D eigenvalue weighted by Gasteiger charge is 2.25. The largest absolute Gasteiger partial charge is 0.472 e. The molecule has 22 heavy (non-hydrogen) atoms. The van der Waals surface area contributed by atoms with Crippen molar-refractivity contribution in [3.05, 3.63) is 48.9 Å². The summed E-state index contributed by atoms with van der Waals surface area (Å²) in [7, 11) is 0. The number of likely N-dealkylation sites (tertiary alicyclic amines) is 1. The van der Waals surface area contributed by atoms with Crippen LogP contribution >= 0.6 is 0 Å². The lowest BCUT2D eigenvalue weighted by Gasteiger charge is -2.32. The number of amides is 2. The number of carbonyl (C=O) groups is 1. The van der Waals surface area contributed by atoms with Crippen LogP contribution in [0, 0.1) is 0 Å². The third-order valence-corrected chi connectivity index (χ3v) is 3.53. The molecule has 1 fully saturated rings. The molecule has 0 unspecified atom stereocenters. The Balaban J connectivity index is 1.57. The maximum atomic E-state index is 12.3. The zero-order valence-electron chi connectivity index (χ0n) is 12.2. The van der Waals surface area contributed by atoms with Crippen molar-refractivity contribution in [2.45, 2.75) is 18.9 Å². The second kappa shape index (κ2) is 6.89. The van der Waals surface area contributed by atoms with Gasteiger partial charge in [0.15, 0.2) is 0 Å². The van der Waals surface area contributed by atoms with Gasteiger partial charge in [-0.15, -0.1) is 0 Å². The summed E-state index contributed by atoms with van der Waals surface area (Å²) in [4.78, 5) is 22.0. The number of para-hydroxylation sites is 1. The van der Waals surface area contributed by atoms with E-state index >= 15 is 0 Å². The van der Waals surface area contributed by atoms with Crippen LogP contribution in [0.4, 0.5) is 10.5 Å². The Bertz CT molecular complexity index is 606. The number of aromatic nitrogens is 2. The van der Waals surface area contributed by atoms with Gasteiger partial charge < -0.3 is 15.0 Å². The van der Waals surface area contributed by atoms with E-state index in [-0.39, 0.29) is 12.1 Å². The fraction of sp³-hybridized carbons (Fsp3) is 0.312. The topological polar surface area (TPSA) is 67.4 Å². The number of nitrogens with one attached hydrogen (secondary N) is 1. The van der Waals surface area contributed by atoms with E-state index in [4.69, 9.17) is 4.74 Å². The van der Waals surface area contributed by atoms with Gasteiger partial charge >= 0.3 is 6.03 Å². The first kappa shape index (κ1) is 14.3. The minimum absolute atomic E-state index is 0.0369. The first-order valence-corrected chi connectivity index (χ1v) is 7.35. The van der Waals surface area contributed by atoms with Crippen LogP contribution in [0.1, 0.15) is 12.8 Å².